The maximum Gasteiger partial charge on any atom is 0.0181 e. The van der Waals surface area contributed by atoms with Crippen LogP contribution in [0.4, 0.5) is 0 Å². The van der Waals surface area contributed by atoms with Crippen LogP contribution >= 0.6 is 15.9 Å². The van der Waals surface area contributed by atoms with Crippen molar-refractivity contribution < 1.29 is 0 Å². The molecule has 0 amide bonds. The van der Waals surface area contributed by atoms with Gasteiger partial charge in [0.2, 0.25) is 0 Å². The molecule has 0 N–H and O–H groups in total. The molecule has 0 nitrogen and oxygen atoms in total. The number of rotatable bonds is 2. The van der Waals surface area contributed by atoms with E-state index in [0.29, 0.717) is 0 Å². The summed E-state index contributed by atoms with van der Waals surface area (Å²) in [4.78, 5) is 0. The normalized spacial score (nSPS) is 9.18. The molecule has 11 heavy (non-hydrogen) atoms. The Bertz CT molecular complexity index is 287. The molecule has 0 bridgehead atoms. The summed E-state index contributed by atoms with van der Waals surface area (Å²) in [6.45, 7) is 7.51. The lowest BCUT2D eigenvalue weighted by atomic mass is 10.1. The summed E-state index contributed by atoms with van der Waals surface area (Å²) >= 11 is 3.33. The fourth-order valence-electron chi connectivity index (χ4n) is 0.922. The zero-order valence-electron chi connectivity index (χ0n) is 6.18. The number of halogens is 1. The van der Waals surface area contributed by atoms with Crippen molar-refractivity contribution in [3.8, 4) is 0 Å². The molecule has 0 atom stereocenters. The Morgan fingerprint density at radius 1 is 1.36 bits per heavy atom. The quantitative estimate of drug-likeness (QED) is 0.696. The van der Waals surface area contributed by atoms with Crippen LogP contribution in [0.25, 0.3) is 10.6 Å². The van der Waals surface area contributed by atoms with Crippen molar-refractivity contribution in [2.24, 2.45) is 0 Å². The van der Waals surface area contributed by atoms with Gasteiger partial charge in [-0.2, -0.15) is 0 Å². The third kappa shape index (κ3) is 1.81. The second kappa shape index (κ2) is 3.54. The second-order valence-corrected chi connectivity index (χ2v) is 3.15. The Balaban J connectivity index is 3.22. The highest BCUT2D eigenvalue weighted by Crippen LogP contribution is 2.22. The first-order chi connectivity index (χ1) is 5.25. The van der Waals surface area contributed by atoms with Gasteiger partial charge in [0.05, 0.1) is 0 Å². The van der Waals surface area contributed by atoms with Crippen LogP contribution in [0.15, 0.2) is 37.4 Å². The molecule has 0 aliphatic rings. The average Bonchev–Trinajstić information content (AvgIpc) is 2.04. The first-order valence-electron chi connectivity index (χ1n) is 3.32. The topological polar surface area (TPSA) is 0 Å². The molecule has 0 saturated carbocycles. The average molecular weight is 209 g/mol. The zero-order chi connectivity index (χ0) is 8.27. The van der Waals surface area contributed by atoms with Gasteiger partial charge in [0.15, 0.2) is 0 Å². The minimum absolute atomic E-state index is 0.896. The van der Waals surface area contributed by atoms with Crippen LogP contribution in [0.5, 0.6) is 0 Å². The Hall–Kier alpha value is -0.820. The Kier molecular flexibility index (Phi) is 2.66. The molecule has 0 saturated heterocycles. The van der Waals surface area contributed by atoms with E-state index in [9.17, 15) is 0 Å². The van der Waals surface area contributed by atoms with E-state index in [1.165, 1.54) is 0 Å². The minimum Gasteiger partial charge on any atom is -0.0984 e. The molecule has 56 valence electrons. The van der Waals surface area contributed by atoms with Crippen molar-refractivity contribution in [2.45, 2.75) is 0 Å². The van der Waals surface area contributed by atoms with E-state index < -0.39 is 0 Å². The molecule has 0 fully saturated rings. The number of hydrogen-bond donors (Lipinski definition) is 0. The molecule has 1 aromatic carbocycles. The van der Waals surface area contributed by atoms with Gasteiger partial charge in [0, 0.05) is 4.48 Å². The van der Waals surface area contributed by atoms with E-state index >= 15 is 0 Å². The van der Waals surface area contributed by atoms with Crippen molar-refractivity contribution in [1.82, 2.24) is 0 Å². The fourth-order valence-corrected chi connectivity index (χ4v) is 1.28. The third-order valence-electron chi connectivity index (χ3n) is 1.47. The predicted molar refractivity (Wildman–Crippen MR) is 54.5 cm³/mol. The molecule has 1 heteroatoms. The van der Waals surface area contributed by atoms with Crippen molar-refractivity contribution in [1.29, 1.82) is 0 Å². The van der Waals surface area contributed by atoms with E-state index in [0.717, 1.165) is 15.6 Å². The maximum atomic E-state index is 3.80. The van der Waals surface area contributed by atoms with E-state index in [2.05, 4.69) is 29.1 Å². The molecular weight excluding hydrogens is 200 g/mol. The van der Waals surface area contributed by atoms with Gasteiger partial charge < -0.3 is 0 Å². The summed E-state index contributed by atoms with van der Waals surface area (Å²) in [5, 5.41) is 0. The lowest BCUT2D eigenvalue weighted by molar-refractivity contribution is 1.61. The van der Waals surface area contributed by atoms with E-state index in [1.54, 1.807) is 0 Å². The molecule has 0 aliphatic carbocycles. The molecule has 0 radical (unpaired) electrons. The molecule has 0 heterocycles. The number of hydrogen-bond acceptors (Lipinski definition) is 0. The monoisotopic (exact) mass is 208 g/mol. The standard InChI is InChI=1S/C10H9Br/c1-3-9-6-4-5-7-10(9)8(2)11/h3-7H,1-2H2. The molecule has 1 rings (SSSR count). The van der Waals surface area contributed by atoms with Crippen LogP contribution in [0.1, 0.15) is 11.1 Å². The van der Waals surface area contributed by atoms with Crippen molar-refractivity contribution >= 4 is 26.5 Å². The van der Waals surface area contributed by atoms with E-state index in [4.69, 9.17) is 0 Å². The van der Waals surface area contributed by atoms with Crippen LogP contribution in [0.2, 0.25) is 0 Å². The first kappa shape index (κ1) is 8.28. The maximum absolute atomic E-state index is 3.80. The lowest BCUT2D eigenvalue weighted by Crippen LogP contribution is -1.80. The van der Waals surface area contributed by atoms with Gasteiger partial charge in [-0.05, 0) is 11.1 Å². The van der Waals surface area contributed by atoms with Crippen molar-refractivity contribution in [2.75, 3.05) is 0 Å². The van der Waals surface area contributed by atoms with Gasteiger partial charge in [0.25, 0.3) is 0 Å². The summed E-state index contributed by atoms with van der Waals surface area (Å²) in [6.07, 6.45) is 1.82. The summed E-state index contributed by atoms with van der Waals surface area (Å²) in [7, 11) is 0. The molecule has 0 unspecified atom stereocenters. The highest BCUT2D eigenvalue weighted by molar-refractivity contribution is 9.15. The summed E-state index contributed by atoms with van der Waals surface area (Å²) in [5.74, 6) is 0. The highest BCUT2D eigenvalue weighted by atomic mass is 79.9. The van der Waals surface area contributed by atoms with Crippen LogP contribution in [0, 0.1) is 0 Å². The largest absolute Gasteiger partial charge is 0.0984 e. The van der Waals surface area contributed by atoms with Crippen molar-refractivity contribution in [3.63, 3.8) is 0 Å². The molecule has 0 spiro atoms. The third-order valence-corrected chi connectivity index (χ3v) is 1.90. The summed E-state index contributed by atoms with van der Waals surface area (Å²) < 4.78 is 0.896. The summed E-state index contributed by atoms with van der Waals surface area (Å²) in [5.41, 5.74) is 2.21. The molecule has 1 aromatic rings. The zero-order valence-corrected chi connectivity index (χ0v) is 7.76. The van der Waals surface area contributed by atoms with E-state index in [1.807, 2.05) is 30.3 Å². The van der Waals surface area contributed by atoms with Crippen LogP contribution < -0.4 is 0 Å². The van der Waals surface area contributed by atoms with E-state index in [-0.39, 0.29) is 0 Å². The molecule has 0 aromatic heterocycles. The second-order valence-electron chi connectivity index (χ2n) is 2.20. The minimum atomic E-state index is 0.896. The highest BCUT2D eigenvalue weighted by Gasteiger charge is 1.97. The van der Waals surface area contributed by atoms with Gasteiger partial charge >= 0.3 is 0 Å². The lowest BCUT2D eigenvalue weighted by Gasteiger charge is -2.01. The van der Waals surface area contributed by atoms with Crippen LogP contribution in [-0.2, 0) is 0 Å². The first-order valence-corrected chi connectivity index (χ1v) is 4.11. The van der Waals surface area contributed by atoms with Crippen molar-refractivity contribution in [3.05, 3.63) is 48.6 Å². The van der Waals surface area contributed by atoms with Gasteiger partial charge in [0.1, 0.15) is 0 Å². The predicted octanol–water partition coefficient (Wildman–Crippen LogP) is 3.70. The SMILES string of the molecule is C=Cc1ccccc1C(=C)Br. The van der Waals surface area contributed by atoms with Crippen LogP contribution in [-0.4, -0.2) is 0 Å². The molecule has 0 aliphatic heterocycles. The van der Waals surface area contributed by atoms with Gasteiger partial charge in [-0.3, -0.25) is 0 Å². The summed E-state index contributed by atoms with van der Waals surface area (Å²) in [6, 6.07) is 7.98. The smallest absolute Gasteiger partial charge is 0.0181 e. The van der Waals surface area contributed by atoms with Gasteiger partial charge in [-0.1, -0.05) is 59.4 Å². The Labute approximate surface area is 75.4 Å². The Morgan fingerprint density at radius 2 is 2.00 bits per heavy atom. The van der Waals surface area contributed by atoms with Crippen LogP contribution in [0.3, 0.4) is 0 Å². The molecular formula is C10H9Br. The van der Waals surface area contributed by atoms with Gasteiger partial charge in [-0.25, -0.2) is 0 Å². The number of benzene rings is 1. The Morgan fingerprint density at radius 3 is 2.45 bits per heavy atom. The fraction of sp³-hybridized carbons (Fsp3) is 0. The van der Waals surface area contributed by atoms with Gasteiger partial charge in [-0.15, -0.1) is 0 Å².